The molecule has 0 unspecified atom stereocenters. The maximum Gasteiger partial charge on any atom is 0.265 e. The molecule has 0 spiro atoms. The Morgan fingerprint density at radius 1 is 0.870 bits per heavy atom. The number of carbonyl (C=O) groups is 2. The van der Waals surface area contributed by atoms with Crippen molar-refractivity contribution in [2.24, 2.45) is 0 Å². The average Bonchev–Trinajstić information content (AvgIpc) is 3.05. The molecule has 0 aromatic heterocycles. The summed E-state index contributed by atoms with van der Waals surface area (Å²) in [6, 6.07) is 14.6. The lowest BCUT2D eigenvalue weighted by atomic mass is 9.95. The number of halogens is 2. The van der Waals surface area contributed by atoms with Crippen molar-refractivity contribution in [2.75, 3.05) is 32.2 Å². The first-order chi connectivity index (χ1) is 22.0. The van der Waals surface area contributed by atoms with Crippen LogP contribution in [0.1, 0.15) is 44.6 Å². The molecule has 1 aliphatic carbocycles. The second kappa shape index (κ2) is 15.8. The van der Waals surface area contributed by atoms with Gasteiger partial charge in [-0.15, -0.1) is 0 Å². The molecule has 248 valence electrons. The van der Waals surface area contributed by atoms with E-state index in [1.165, 1.54) is 56.6 Å². The summed E-state index contributed by atoms with van der Waals surface area (Å²) >= 11 is 12.6. The summed E-state index contributed by atoms with van der Waals surface area (Å²) in [5.41, 5.74) is 0.716. The van der Waals surface area contributed by atoms with Crippen molar-refractivity contribution < 1.29 is 32.2 Å². The third-order valence-corrected chi connectivity index (χ3v) is 10.2. The van der Waals surface area contributed by atoms with Crippen molar-refractivity contribution in [1.29, 1.82) is 0 Å². The number of ether oxygens (including phenoxy) is 3. The Balaban J connectivity index is 1.77. The maximum atomic E-state index is 14.4. The average molecular weight is 693 g/mol. The van der Waals surface area contributed by atoms with Crippen molar-refractivity contribution in [2.45, 2.75) is 62.6 Å². The fourth-order valence-corrected chi connectivity index (χ4v) is 7.27. The van der Waals surface area contributed by atoms with E-state index in [0.717, 1.165) is 36.4 Å². The number of carbonyl (C=O) groups excluding carboxylic acids is 2. The van der Waals surface area contributed by atoms with Gasteiger partial charge in [-0.3, -0.25) is 13.9 Å². The highest BCUT2D eigenvalue weighted by atomic mass is 35.5. The molecule has 3 aromatic carbocycles. The fourth-order valence-electron chi connectivity index (χ4n) is 5.46. The van der Waals surface area contributed by atoms with E-state index in [4.69, 9.17) is 37.4 Å². The third kappa shape index (κ3) is 8.37. The summed E-state index contributed by atoms with van der Waals surface area (Å²) in [5, 5.41) is 3.78. The standard InChI is InChI=1S/C33H39Cl2N3O7S/c1-22(33(40)36-26-11-6-5-7-12-26)37(20-23-9-8-10-24(34)17-23)32(39)21-38(28-18-25(35)13-15-29(28)43-2)46(41,42)27-14-16-30(44-3)31(19-27)45-4/h8-10,13-19,22,26H,5-7,11-12,20-21H2,1-4H3,(H,36,40)/t22-/m1/s1. The number of hydrogen-bond donors (Lipinski definition) is 1. The molecule has 0 saturated heterocycles. The normalized spacial score (nSPS) is 14.2. The molecule has 3 aromatic rings. The monoisotopic (exact) mass is 691 g/mol. The van der Waals surface area contributed by atoms with E-state index >= 15 is 0 Å². The number of amides is 2. The van der Waals surface area contributed by atoms with Crippen LogP contribution in [0.2, 0.25) is 10.0 Å². The topological polar surface area (TPSA) is 114 Å². The molecule has 1 N–H and O–H groups in total. The minimum absolute atomic E-state index is 0.00950. The minimum Gasteiger partial charge on any atom is -0.495 e. The lowest BCUT2D eigenvalue weighted by Gasteiger charge is -2.33. The highest BCUT2D eigenvalue weighted by Gasteiger charge is 2.35. The SMILES string of the molecule is COc1ccc(S(=O)(=O)N(CC(=O)N(Cc2cccc(Cl)c2)[C@H](C)C(=O)NC2CCCCC2)c2cc(Cl)ccc2OC)cc1OC. The van der Waals surface area contributed by atoms with Crippen LogP contribution in [0.3, 0.4) is 0 Å². The van der Waals surface area contributed by atoms with Crippen LogP contribution in [0.25, 0.3) is 0 Å². The second-order valence-electron chi connectivity index (χ2n) is 11.0. The van der Waals surface area contributed by atoms with Gasteiger partial charge in [0.05, 0.1) is 31.9 Å². The van der Waals surface area contributed by atoms with E-state index in [1.54, 1.807) is 37.3 Å². The predicted octanol–water partition coefficient (Wildman–Crippen LogP) is 6.08. The number of hydrogen-bond acceptors (Lipinski definition) is 7. The van der Waals surface area contributed by atoms with Crippen molar-refractivity contribution >= 4 is 50.7 Å². The third-order valence-electron chi connectivity index (χ3n) is 7.99. The lowest BCUT2D eigenvalue weighted by molar-refractivity contribution is -0.139. The van der Waals surface area contributed by atoms with Gasteiger partial charge in [-0.05, 0) is 67.8 Å². The molecule has 1 atom stereocenters. The first-order valence-corrected chi connectivity index (χ1v) is 17.1. The lowest BCUT2D eigenvalue weighted by Crippen LogP contribution is -2.53. The Hall–Kier alpha value is -3.67. The van der Waals surface area contributed by atoms with E-state index < -0.39 is 28.5 Å². The maximum absolute atomic E-state index is 14.4. The van der Waals surface area contributed by atoms with Crippen molar-refractivity contribution in [1.82, 2.24) is 10.2 Å². The van der Waals surface area contributed by atoms with Gasteiger partial charge in [0.15, 0.2) is 11.5 Å². The van der Waals surface area contributed by atoms with Crippen LogP contribution in [-0.2, 0) is 26.2 Å². The van der Waals surface area contributed by atoms with E-state index in [9.17, 15) is 18.0 Å². The fraction of sp³-hybridized carbons (Fsp3) is 0.394. The molecule has 46 heavy (non-hydrogen) atoms. The summed E-state index contributed by atoms with van der Waals surface area (Å²) in [7, 11) is -0.230. The number of methoxy groups -OCH3 is 3. The van der Waals surface area contributed by atoms with E-state index in [1.807, 2.05) is 0 Å². The molecule has 1 fully saturated rings. The quantitative estimate of drug-likeness (QED) is 0.231. The Bertz CT molecular complexity index is 1650. The summed E-state index contributed by atoms with van der Waals surface area (Å²) < 4.78 is 45.8. The number of nitrogens with zero attached hydrogens (tertiary/aromatic N) is 2. The zero-order chi connectivity index (χ0) is 33.4. The summed E-state index contributed by atoms with van der Waals surface area (Å²) in [4.78, 5) is 29.1. The van der Waals surface area contributed by atoms with Gasteiger partial charge in [-0.25, -0.2) is 8.42 Å². The molecule has 2 amide bonds. The largest absolute Gasteiger partial charge is 0.495 e. The van der Waals surface area contributed by atoms with Gasteiger partial charge in [-0.2, -0.15) is 0 Å². The smallest absolute Gasteiger partial charge is 0.265 e. The highest BCUT2D eigenvalue weighted by Crippen LogP contribution is 2.37. The van der Waals surface area contributed by atoms with Crippen LogP contribution in [0, 0.1) is 0 Å². The summed E-state index contributed by atoms with van der Waals surface area (Å²) in [6.45, 7) is 0.971. The van der Waals surface area contributed by atoms with Crippen LogP contribution in [-0.4, -0.2) is 65.1 Å². The van der Waals surface area contributed by atoms with Crippen LogP contribution in [0.5, 0.6) is 17.2 Å². The zero-order valence-corrected chi connectivity index (χ0v) is 28.6. The highest BCUT2D eigenvalue weighted by molar-refractivity contribution is 7.92. The molecular formula is C33H39Cl2N3O7S. The molecule has 10 nitrogen and oxygen atoms in total. The molecule has 4 rings (SSSR count). The summed E-state index contributed by atoms with van der Waals surface area (Å²) in [5.74, 6) is -0.265. The van der Waals surface area contributed by atoms with Gasteiger partial charge in [-0.1, -0.05) is 54.6 Å². The Morgan fingerprint density at radius 2 is 1.52 bits per heavy atom. The van der Waals surface area contributed by atoms with Crippen LogP contribution >= 0.6 is 23.2 Å². The molecule has 13 heteroatoms. The Labute approximate surface area is 280 Å². The van der Waals surface area contributed by atoms with Crippen molar-refractivity contribution in [3.05, 3.63) is 76.3 Å². The van der Waals surface area contributed by atoms with Crippen molar-refractivity contribution in [3.8, 4) is 17.2 Å². The van der Waals surface area contributed by atoms with Gasteiger partial charge in [0.2, 0.25) is 11.8 Å². The number of nitrogens with one attached hydrogen (secondary N) is 1. The van der Waals surface area contributed by atoms with Crippen LogP contribution in [0.4, 0.5) is 5.69 Å². The van der Waals surface area contributed by atoms with E-state index in [0.29, 0.717) is 16.3 Å². The van der Waals surface area contributed by atoms with Gasteiger partial charge in [0, 0.05) is 28.7 Å². The van der Waals surface area contributed by atoms with E-state index in [-0.39, 0.29) is 45.6 Å². The first-order valence-electron chi connectivity index (χ1n) is 14.9. The summed E-state index contributed by atoms with van der Waals surface area (Å²) in [6.07, 6.45) is 4.90. The zero-order valence-electron chi connectivity index (χ0n) is 26.3. The number of sulfonamides is 1. The minimum atomic E-state index is -4.45. The molecule has 1 aliphatic rings. The Kier molecular flexibility index (Phi) is 12.0. The molecule has 0 radical (unpaired) electrons. The number of benzene rings is 3. The van der Waals surface area contributed by atoms with Crippen LogP contribution in [0.15, 0.2) is 65.6 Å². The molecule has 1 saturated carbocycles. The van der Waals surface area contributed by atoms with Gasteiger partial charge >= 0.3 is 0 Å². The van der Waals surface area contributed by atoms with E-state index in [2.05, 4.69) is 5.32 Å². The molecule has 0 aliphatic heterocycles. The Morgan fingerprint density at radius 3 is 2.17 bits per heavy atom. The van der Waals surface area contributed by atoms with Crippen molar-refractivity contribution in [3.63, 3.8) is 0 Å². The number of rotatable bonds is 13. The second-order valence-corrected chi connectivity index (χ2v) is 13.8. The molecule has 0 bridgehead atoms. The van der Waals surface area contributed by atoms with Gasteiger partial charge in [0.25, 0.3) is 10.0 Å². The van der Waals surface area contributed by atoms with Gasteiger partial charge in [0.1, 0.15) is 18.3 Å². The number of anilines is 1. The first kappa shape index (κ1) is 35.2. The van der Waals surface area contributed by atoms with Crippen LogP contribution < -0.4 is 23.8 Å². The van der Waals surface area contributed by atoms with Gasteiger partial charge < -0.3 is 24.4 Å². The molecular weight excluding hydrogens is 653 g/mol. The molecule has 0 heterocycles. The predicted molar refractivity (Wildman–Crippen MR) is 179 cm³/mol.